The normalized spacial score (nSPS) is 17.0. The summed E-state index contributed by atoms with van der Waals surface area (Å²) in [6.07, 6.45) is 5.16. The lowest BCUT2D eigenvalue weighted by Crippen LogP contribution is -2.43. The summed E-state index contributed by atoms with van der Waals surface area (Å²) in [6.45, 7) is 14.0. The number of nitrogens with zero attached hydrogens (tertiary/aromatic N) is 1. The Balaban J connectivity index is 1.01. The van der Waals surface area contributed by atoms with Crippen LogP contribution in [0.15, 0.2) is 71.6 Å². The molecular weight excluding hydrogens is 709 g/mol. The fraction of sp³-hybridized carbons (Fsp3) is 0.561. The number of ether oxygens (including phenoxy) is 5. The standard InChI is InChI=1S/C41H60N2O8SSi/c1-41(2)50-30-35-27-34(16-19-40(35)51-41)39(44)28-42-21-20-32-14-17-37(18-15-32)49-23-22-47-29-33-10-9-13-38(26-33)52(45,46)43(36-11-7-6-8-12-36)31-48-24-25-53(3,4)5/h9-10,13-19,26-27,36,39,42,44H,6-8,11-12,20-25,28-31H2,1-5H3/t39-/m1/s1. The molecule has 2 N–H and O–H groups in total. The maximum Gasteiger partial charge on any atom is 0.245 e. The summed E-state index contributed by atoms with van der Waals surface area (Å²) < 4.78 is 58.8. The Morgan fingerprint density at radius 3 is 2.47 bits per heavy atom. The molecule has 0 amide bonds. The molecule has 3 aromatic rings. The summed E-state index contributed by atoms with van der Waals surface area (Å²) in [6, 6.07) is 21.8. The average Bonchev–Trinajstić information content (AvgIpc) is 3.13. The van der Waals surface area contributed by atoms with Gasteiger partial charge in [0.05, 0.1) is 30.8 Å². The van der Waals surface area contributed by atoms with Crippen LogP contribution in [0.25, 0.3) is 0 Å². The highest BCUT2D eigenvalue weighted by molar-refractivity contribution is 7.89. The molecule has 0 aromatic heterocycles. The van der Waals surface area contributed by atoms with Crippen LogP contribution in [0.1, 0.15) is 74.3 Å². The molecule has 3 aromatic carbocycles. The molecule has 0 bridgehead atoms. The second-order valence-corrected chi connectivity index (χ2v) is 23.4. The van der Waals surface area contributed by atoms with Crippen LogP contribution in [-0.2, 0) is 43.9 Å². The largest absolute Gasteiger partial charge is 0.491 e. The van der Waals surface area contributed by atoms with E-state index < -0.39 is 30.0 Å². The Labute approximate surface area is 318 Å². The molecule has 1 heterocycles. The summed E-state index contributed by atoms with van der Waals surface area (Å²) in [4.78, 5) is 0.283. The molecule has 0 unspecified atom stereocenters. The molecule has 5 rings (SSSR count). The van der Waals surface area contributed by atoms with E-state index in [0.717, 1.165) is 84.9 Å². The molecule has 1 fully saturated rings. The quantitative estimate of drug-likeness (QED) is 0.0688. The number of sulfonamides is 1. The lowest BCUT2D eigenvalue weighted by atomic mass is 9.96. The second kappa shape index (κ2) is 19.2. The molecule has 1 aliphatic carbocycles. The molecule has 1 atom stereocenters. The fourth-order valence-corrected chi connectivity index (χ4v) is 8.91. The van der Waals surface area contributed by atoms with Gasteiger partial charge in [-0.05, 0) is 84.9 Å². The molecule has 12 heteroatoms. The maximum atomic E-state index is 13.9. The number of aliphatic hydroxyl groups excluding tert-OH is 1. The molecule has 0 spiro atoms. The van der Waals surface area contributed by atoms with E-state index in [9.17, 15) is 13.5 Å². The van der Waals surface area contributed by atoms with Crippen molar-refractivity contribution in [3.8, 4) is 11.5 Å². The van der Waals surface area contributed by atoms with Crippen LogP contribution < -0.4 is 14.8 Å². The molecule has 2 aliphatic rings. The van der Waals surface area contributed by atoms with Crippen molar-refractivity contribution >= 4 is 18.1 Å². The number of hydrogen-bond acceptors (Lipinski definition) is 9. The number of aliphatic hydroxyl groups is 1. The van der Waals surface area contributed by atoms with Gasteiger partial charge in [-0.2, -0.15) is 4.31 Å². The summed E-state index contributed by atoms with van der Waals surface area (Å²) in [5, 5.41) is 14.1. The topological polar surface area (TPSA) is 116 Å². The van der Waals surface area contributed by atoms with Gasteiger partial charge in [-0.25, -0.2) is 8.42 Å². The Morgan fingerprint density at radius 1 is 0.943 bits per heavy atom. The van der Waals surface area contributed by atoms with Gasteiger partial charge in [-0.1, -0.05) is 69.2 Å². The zero-order valence-corrected chi connectivity index (χ0v) is 34.1. The molecule has 0 saturated heterocycles. The summed E-state index contributed by atoms with van der Waals surface area (Å²) in [5.74, 6) is 0.914. The highest BCUT2D eigenvalue weighted by Gasteiger charge is 2.33. The zero-order valence-electron chi connectivity index (χ0n) is 32.3. The van der Waals surface area contributed by atoms with Gasteiger partial charge < -0.3 is 34.1 Å². The van der Waals surface area contributed by atoms with E-state index in [1.54, 1.807) is 22.5 Å². The first-order valence-corrected chi connectivity index (χ1v) is 24.3. The van der Waals surface area contributed by atoms with Gasteiger partial charge in [-0.3, -0.25) is 0 Å². The monoisotopic (exact) mass is 768 g/mol. The molecule has 292 valence electrons. The second-order valence-electron chi connectivity index (χ2n) is 15.9. The first kappa shape index (κ1) is 41.4. The summed E-state index contributed by atoms with van der Waals surface area (Å²) in [5.41, 5.74) is 3.74. The van der Waals surface area contributed by atoms with Gasteiger partial charge >= 0.3 is 0 Å². The van der Waals surface area contributed by atoms with Crippen molar-refractivity contribution in [2.45, 2.75) is 114 Å². The molecule has 1 saturated carbocycles. The smallest absolute Gasteiger partial charge is 0.245 e. The minimum Gasteiger partial charge on any atom is -0.491 e. The van der Waals surface area contributed by atoms with Crippen LogP contribution >= 0.6 is 0 Å². The maximum absolute atomic E-state index is 13.9. The highest BCUT2D eigenvalue weighted by atomic mass is 32.2. The lowest BCUT2D eigenvalue weighted by molar-refractivity contribution is -0.180. The predicted octanol–water partition coefficient (Wildman–Crippen LogP) is 7.43. The van der Waals surface area contributed by atoms with Crippen molar-refractivity contribution in [2.75, 3.05) is 39.6 Å². The lowest BCUT2D eigenvalue weighted by Gasteiger charge is -2.33. The van der Waals surface area contributed by atoms with Crippen molar-refractivity contribution in [3.63, 3.8) is 0 Å². The highest BCUT2D eigenvalue weighted by Crippen LogP contribution is 2.33. The number of nitrogens with one attached hydrogen (secondary N) is 1. The van der Waals surface area contributed by atoms with Gasteiger partial charge in [0.1, 0.15) is 24.8 Å². The van der Waals surface area contributed by atoms with Gasteiger partial charge in [-0.15, -0.1) is 0 Å². The van der Waals surface area contributed by atoms with Crippen LogP contribution in [0.5, 0.6) is 11.5 Å². The molecule has 53 heavy (non-hydrogen) atoms. The number of hydrogen-bond donors (Lipinski definition) is 2. The SMILES string of the molecule is CC1(C)OCc2cc([C@H](O)CNCCc3ccc(OCCOCc4cccc(S(=O)(=O)N(COCC[Si](C)(C)C)C5CCCCC5)c4)cc3)ccc2O1. The fourth-order valence-electron chi connectivity index (χ4n) is 6.52. The van der Waals surface area contributed by atoms with Crippen molar-refractivity contribution in [2.24, 2.45) is 0 Å². The first-order chi connectivity index (χ1) is 25.3. The Morgan fingerprint density at radius 2 is 1.72 bits per heavy atom. The van der Waals surface area contributed by atoms with Gasteiger partial charge in [0.2, 0.25) is 15.8 Å². The number of benzene rings is 3. The van der Waals surface area contributed by atoms with E-state index in [1.807, 2.05) is 62.4 Å². The van der Waals surface area contributed by atoms with Crippen molar-refractivity contribution in [1.82, 2.24) is 9.62 Å². The van der Waals surface area contributed by atoms with E-state index in [-0.39, 0.29) is 24.3 Å². The van der Waals surface area contributed by atoms with Crippen LogP contribution in [0, 0.1) is 0 Å². The van der Waals surface area contributed by atoms with E-state index in [0.29, 0.717) is 33.0 Å². The van der Waals surface area contributed by atoms with E-state index >= 15 is 0 Å². The zero-order chi connectivity index (χ0) is 37.9. The van der Waals surface area contributed by atoms with E-state index in [2.05, 4.69) is 25.0 Å². The minimum atomic E-state index is -3.73. The van der Waals surface area contributed by atoms with Gasteiger partial charge in [0, 0.05) is 46.7 Å². The third kappa shape index (κ3) is 12.9. The molecular formula is C41H60N2O8SSi. The predicted molar refractivity (Wildman–Crippen MR) is 210 cm³/mol. The Hall–Kier alpha value is -2.81. The third-order valence-corrected chi connectivity index (χ3v) is 13.3. The Kier molecular flexibility index (Phi) is 15.0. The first-order valence-electron chi connectivity index (χ1n) is 19.1. The van der Waals surface area contributed by atoms with Crippen LogP contribution in [-0.4, -0.2) is 77.4 Å². The number of fused-ring (bicyclic) bond motifs is 1. The van der Waals surface area contributed by atoms with Gasteiger partial charge in [0.25, 0.3) is 0 Å². The Bertz CT molecular complexity index is 1690. The van der Waals surface area contributed by atoms with E-state index in [4.69, 9.17) is 23.7 Å². The van der Waals surface area contributed by atoms with Crippen LogP contribution in [0.2, 0.25) is 25.7 Å². The summed E-state index contributed by atoms with van der Waals surface area (Å²) >= 11 is 0. The van der Waals surface area contributed by atoms with Crippen LogP contribution in [0.4, 0.5) is 0 Å². The van der Waals surface area contributed by atoms with Crippen molar-refractivity contribution in [3.05, 3.63) is 89.0 Å². The molecule has 0 radical (unpaired) electrons. The minimum absolute atomic E-state index is 0.0333. The third-order valence-electron chi connectivity index (χ3n) is 9.72. The number of rotatable bonds is 20. The van der Waals surface area contributed by atoms with E-state index in [1.165, 1.54) is 0 Å². The van der Waals surface area contributed by atoms with Crippen molar-refractivity contribution in [1.29, 1.82) is 0 Å². The molecule has 1 aliphatic heterocycles. The van der Waals surface area contributed by atoms with Crippen LogP contribution in [0.3, 0.4) is 0 Å². The average molecular weight is 769 g/mol. The molecule has 10 nitrogen and oxygen atoms in total. The van der Waals surface area contributed by atoms with Gasteiger partial charge in [0.15, 0.2) is 0 Å². The summed E-state index contributed by atoms with van der Waals surface area (Å²) in [7, 11) is -5.01. The van der Waals surface area contributed by atoms with Crippen molar-refractivity contribution < 1.29 is 37.2 Å².